The second-order valence-electron chi connectivity index (χ2n) is 7.84. The Hall–Kier alpha value is -3.69. The molecule has 0 saturated carbocycles. The molecular formula is C26H29N3O5S. The summed E-state index contributed by atoms with van der Waals surface area (Å²) >= 11 is 0. The lowest BCUT2D eigenvalue weighted by molar-refractivity contribution is 0.0943. The van der Waals surface area contributed by atoms with Gasteiger partial charge in [-0.25, -0.2) is 8.42 Å². The van der Waals surface area contributed by atoms with Crippen LogP contribution < -0.4 is 15.4 Å². The molecule has 0 aliphatic rings. The first-order chi connectivity index (χ1) is 16.8. The summed E-state index contributed by atoms with van der Waals surface area (Å²) in [7, 11) is -3.88. The quantitative estimate of drug-likeness (QED) is 0.345. The summed E-state index contributed by atoms with van der Waals surface area (Å²) in [4.78, 5) is 25.1. The number of sulfonamides is 1. The monoisotopic (exact) mass is 495 g/mol. The number of nitrogens with one attached hydrogen (secondary N) is 3. The fraction of sp³-hybridized carbons (Fsp3) is 0.231. The fourth-order valence-corrected chi connectivity index (χ4v) is 4.31. The molecule has 0 aliphatic heterocycles. The summed E-state index contributed by atoms with van der Waals surface area (Å²) in [5.74, 6) is -0.750. The van der Waals surface area contributed by atoms with Crippen molar-refractivity contribution in [2.75, 3.05) is 29.8 Å². The highest BCUT2D eigenvalue weighted by atomic mass is 32.2. The van der Waals surface area contributed by atoms with Crippen molar-refractivity contribution in [3.63, 3.8) is 0 Å². The lowest BCUT2D eigenvalue weighted by Gasteiger charge is -2.11. The van der Waals surface area contributed by atoms with Crippen LogP contribution >= 0.6 is 0 Å². The predicted octanol–water partition coefficient (Wildman–Crippen LogP) is 4.20. The van der Waals surface area contributed by atoms with Crippen molar-refractivity contribution in [1.29, 1.82) is 0 Å². The van der Waals surface area contributed by atoms with E-state index in [0.717, 1.165) is 5.56 Å². The maximum Gasteiger partial charge on any atom is 0.261 e. The summed E-state index contributed by atoms with van der Waals surface area (Å²) < 4.78 is 33.3. The molecule has 0 radical (unpaired) electrons. The van der Waals surface area contributed by atoms with Gasteiger partial charge in [0.05, 0.1) is 4.90 Å². The summed E-state index contributed by atoms with van der Waals surface area (Å²) in [6.07, 6.45) is 0.702. The zero-order valence-electron chi connectivity index (χ0n) is 19.7. The lowest BCUT2D eigenvalue weighted by Crippen LogP contribution is -2.25. The first kappa shape index (κ1) is 25.9. The molecule has 0 aliphatic carbocycles. The molecule has 0 fully saturated rings. The highest BCUT2D eigenvalue weighted by molar-refractivity contribution is 7.92. The number of amides is 2. The van der Waals surface area contributed by atoms with Crippen molar-refractivity contribution in [2.45, 2.75) is 25.2 Å². The van der Waals surface area contributed by atoms with E-state index >= 15 is 0 Å². The molecule has 35 heavy (non-hydrogen) atoms. The van der Waals surface area contributed by atoms with Crippen LogP contribution in [-0.4, -0.2) is 40.0 Å². The largest absolute Gasteiger partial charge is 0.382 e. The molecule has 184 valence electrons. The minimum Gasteiger partial charge on any atom is -0.382 e. The SMILES string of the molecule is CCOCCCNC(=O)c1cccc(NC(=O)c2cccc(S(=O)(=O)Nc3ccc(C)cc3)c2)c1. The summed E-state index contributed by atoms with van der Waals surface area (Å²) in [6.45, 7) is 5.51. The Morgan fingerprint density at radius 3 is 2.26 bits per heavy atom. The van der Waals surface area contributed by atoms with E-state index in [1.165, 1.54) is 24.3 Å². The lowest BCUT2D eigenvalue weighted by atomic mass is 10.1. The molecule has 8 nitrogen and oxygen atoms in total. The molecule has 0 saturated heterocycles. The van der Waals surface area contributed by atoms with Crippen LogP contribution in [0.2, 0.25) is 0 Å². The van der Waals surface area contributed by atoms with E-state index in [-0.39, 0.29) is 16.4 Å². The minimum atomic E-state index is -3.88. The Morgan fingerprint density at radius 1 is 0.857 bits per heavy atom. The molecule has 9 heteroatoms. The van der Waals surface area contributed by atoms with E-state index in [0.29, 0.717) is 43.1 Å². The predicted molar refractivity (Wildman–Crippen MR) is 136 cm³/mol. The molecule has 0 atom stereocenters. The normalized spacial score (nSPS) is 11.0. The molecule has 3 aromatic rings. The summed E-state index contributed by atoms with van der Waals surface area (Å²) in [6, 6.07) is 19.2. The Kier molecular flexibility index (Phi) is 8.99. The summed E-state index contributed by atoms with van der Waals surface area (Å²) in [5.41, 5.74) is 2.43. The van der Waals surface area contributed by atoms with E-state index in [1.807, 2.05) is 13.8 Å². The molecule has 0 unspecified atom stereocenters. The van der Waals surface area contributed by atoms with Gasteiger partial charge in [-0.05, 0) is 68.8 Å². The van der Waals surface area contributed by atoms with Gasteiger partial charge in [-0.2, -0.15) is 0 Å². The molecule has 0 heterocycles. The number of rotatable bonds is 11. The zero-order valence-corrected chi connectivity index (χ0v) is 20.5. The van der Waals surface area contributed by atoms with Gasteiger partial charge in [-0.15, -0.1) is 0 Å². The van der Waals surface area contributed by atoms with E-state index < -0.39 is 15.9 Å². The Balaban J connectivity index is 1.66. The van der Waals surface area contributed by atoms with E-state index in [2.05, 4.69) is 15.4 Å². The second-order valence-corrected chi connectivity index (χ2v) is 9.52. The van der Waals surface area contributed by atoms with Crippen molar-refractivity contribution < 1.29 is 22.7 Å². The molecule has 3 rings (SSSR count). The topological polar surface area (TPSA) is 114 Å². The Labute approximate surface area is 205 Å². The van der Waals surface area contributed by atoms with Gasteiger partial charge < -0.3 is 15.4 Å². The van der Waals surface area contributed by atoms with Gasteiger partial charge in [0.2, 0.25) is 0 Å². The van der Waals surface area contributed by atoms with Crippen molar-refractivity contribution in [3.05, 3.63) is 89.5 Å². The Morgan fingerprint density at radius 2 is 1.54 bits per heavy atom. The van der Waals surface area contributed by atoms with Gasteiger partial charge in [0.1, 0.15) is 0 Å². The zero-order chi connectivity index (χ0) is 25.3. The number of anilines is 2. The fourth-order valence-electron chi connectivity index (χ4n) is 3.20. The van der Waals surface area contributed by atoms with Crippen LogP contribution in [0.15, 0.2) is 77.7 Å². The van der Waals surface area contributed by atoms with Crippen molar-refractivity contribution in [2.24, 2.45) is 0 Å². The maximum atomic E-state index is 12.8. The smallest absolute Gasteiger partial charge is 0.261 e. The molecule has 0 aromatic heterocycles. The standard InChI is InChI=1S/C26H29N3O5S/c1-3-34-16-6-15-27-25(30)20-7-4-9-23(17-20)28-26(31)21-8-5-10-24(18-21)35(32,33)29-22-13-11-19(2)12-14-22/h4-5,7-14,17-18,29H,3,6,15-16H2,1-2H3,(H,27,30)(H,28,31). The molecular weight excluding hydrogens is 466 g/mol. The first-order valence-corrected chi connectivity index (χ1v) is 12.7. The van der Waals surface area contributed by atoms with Crippen LogP contribution in [-0.2, 0) is 14.8 Å². The van der Waals surface area contributed by atoms with E-state index in [9.17, 15) is 18.0 Å². The maximum absolute atomic E-state index is 12.8. The van der Waals surface area contributed by atoms with Crippen LogP contribution in [0, 0.1) is 6.92 Å². The van der Waals surface area contributed by atoms with Crippen LogP contribution in [0.5, 0.6) is 0 Å². The minimum absolute atomic E-state index is 0.0362. The van der Waals surface area contributed by atoms with Gasteiger partial charge in [0.15, 0.2) is 0 Å². The average molecular weight is 496 g/mol. The number of benzene rings is 3. The number of ether oxygens (including phenoxy) is 1. The molecule has 0 spiro atoms. The van der Waals surface area contributed by atoms with Gasteiger partial charge >= 0.3 is 0 Å². The highest BCUT2D eigenvalue weighted by Crippen LogP contribution is 2.19. The van der Waals surface area contributed by atoms with Crippen molar-refractivity contribution in [1.82, 2.24) is 5.32 Å². The molecule has 0 bridgehead atoms. The van der Waals surface area contributed by atoms with Gasteiger partial charge in [-0.1, -0.05) is 29.8 Å². The number of hydrogen-bond acceptors (Lipinski definition) is 5. The highest BCUT2D eigenvalue weighted by Gasteiger charge is 2.17. The van der Waals surface area contributed by atoms with Crippen molar-refractivity contribution >= 4 is 33.2 Å². The first-order valence-electron chi connectivity index (χ1n) is 11.3. The van der Waals surface area contributed by atoms with E-state index in [4.69, 9.17) is 4.74 Å². The van der Waals surface area contributed by atoms with Crippen LogP contribution in [0.3, 0.4) is 0 Å². The number of aryl methyl sites for hydroxylation is 1. The average Bonchev–Trinajstić information content (AvgIpc) is 2.85. The third kappa shape index (κ3) is 7.66. The molecule has 2 amide bonds. The third-order valence-electron chi connectivity index (χ3n) is 5.05. The molecule has 3 N–H and O–H groups in total. The van der Waals surface area contributed by atoms with E-state index in [1.54, 1.807) is 48.5 Å². The van der Waals surface area contributed by atoms with Crippen LogP contribution in [0.1, 0.15) is 39.6 Å². The summed E-state index contributed by atoms with van der Waals surface area (Å²) in [5, 5.41) is 5.53. The van der Waals surface area contributed by atoms with Crippen LogP contribution in [0.25, 0.3) is 0 Å². The van der Waals surface area contributed by atoms with Gasteiger partial charge in [-0.3, -0.25) is 14.3 Å². The number of hydrogen-bond donors (Lipinski definition) is 3. The molecule has 3 aromatic carbocycles. The third-order valence-corrected chi connectivity index (χ3v) is 6.43. The second kappa shape index (κ2) is 12.1. The van der Waals surface area contributed by atoms with Gasteiger partial charge in [0.25, 0.3) is 21.8 Å². The van der Waals surface area contributed by atoms with Crippen molar-refractivity contribution in [3.8, 4) is 0 Å². The van der Waals surface area contributed by atoms with Crippen LogP contribution in [0.4, 0.5) is 11.4 Å². The van der Waals surface area contributed by atoms with Gasteiger partial charge in [0, 0.05) is 42.3 Å². The Bertz CT molecular complexity index is 1270. The number of carbonyl (C=O) groups excluding carboxylic acids is 2. The number of carbonyl (C=O) groups is 2.